The van der Waals surface area contributed by atoms with Crippen LogP contribution in [0.2, 0.25) is 0 Å². The standard InChI is InChI=1S/C6H7N5/c7-11-5-3-9-6-4(10-5)1-2-8-6/h1-3,10-11H,7H2. The third-order valence-electron chi connectivity index (χ3n) is 1.42. The summed E-state index contributed by atoms with van der Waals surface area (Å²) < 4.78 is 0. The second kappa shape index (κ2) is 2.21. The molecule has 0 fully saturated rings. The molecule has 5 heteroatoms. The maximum absolute atomic E-state index is 5.17. The lowest BCUT2D eigenvalue weighted by molar-refractivity contribution is 1.13. The third-order valence-corrected chi connectivity index (χ3v) is 1.42. The van der Waals surface area contributed by atoms with E-state index in [1.54, 1.807) is 12.4 Å². The summed E-state index contributed by atoms with van der Waals surface area (Å²) in [6.07, 6.45) is 3.28. The molecule has 0 unspecified atom stereocenters. The largest absolute Gasteiger partial charge is 0.337 e. The van der Waals surface area contributed by atoms with Gasteiger partial charge < -0.3 is 10.4 Å². The van der Waals surface area contributed by atoms with Gasteiger partial charge in [-0.2, -0.15) is 0 Å². The van der Waals surface area contributed by atoms with Crippen molar-refractivity contribution in [3.8, 4) is 11.5 Å². The molecule has 0 atom stereocenters. The van der Waals surface area contributed by atoms with Gasteiger partial charge in [-0.25, -0.2) is 15.8 Å². The van der Waals surface area contributed by atoms with Crippen molar-refractivity contribution in [3.05, 3.63) is 18.5 Å². The molecule has 0 saturated carbocycles. The number of H-pyrrole nitrogens is 1. The van der Waals surface area contributed by atoms with E-state index in [0.29, 0.717) is 11.6 Å². The van der Waals surface area contributed by atoms with Crippen LogP contribution in [0.25, 0.3) is 11.5 Å². The minimum Gasteiger partial charge on any atom is -0.337 e. The van der Waals surface area contributed by atoms with E-state index in [2.05, 4.69) is 20.4 Å². The van der Waals surface area contributed by atoms with Gasteiger partial charge in [-0.1, -0.05) is 0 Å². The fraction of sp³-hybridized carbons (Fsp3) is 0. The van der Waals surface area contributed by atoms with Crippen molar-refractivity contribution in [2.24, 2.45) is 5.84 Å². The van der Waals surface area contributed by atoms with E-state index < -0.39 is 0 Å². The summed E-state index contributed by atoms with van der Waals surface area (Å²) in [6, 6.07) is 1.84. The molecular weight excluding hydrogens is 142 g/mol. The molecule has 5 nitrogen and oxygen atoms in total. The number of aromatic amines is 1. The van der Waals surface area contributed by atoms with E-state index >= 15 is 0 Å². The maximum Gasteiger partial charge on any atom is 0.176 e. The van der Waals surface area contributed by atoms with Crippen LogP contribution in [0.4, 0.5) is 5.82 Å². The molecular formula is C6H7N5. The van der Waals surface area contributed by atoms with Gasteiger partial charge in [0.25, 0.3) is 0 Å². The number of aromatic nitrogens is 3. The van der Waals surface area contributed by atoms with Crippen LogP contribution in [0, 0.1) is 0 Å². The molecule has 4 N–H and O–H groups in total. The number of rotatable bonds is 1. The zero-order valence-corrected chi connectivity index (χ0v) is 5.70. The molecule has 2 aliphatic heterocycles. The molecule has 0 aromatic rings. The van der Waals surface area contributed by atoms with Crippen molar-refractivity contribution in [3.63, 3.8) is 0 Å². The van der Waals surface area contributed by atoms with E-state index in [4.69, 9.17) is 5.84 Å². The minimum atomic E-state index is 0.672. The maximum atomic E-state index is 5.17. The number of anilines is 1. The highest BCUT2D eigenvalue weighted by molar-refractivity contribution is 5.54. The van der Waals surface area contributed by atoms with Gasteiger partial charge >= 0.3 is 0 Å². The average Bonchev–Trinajstić information content (AvgIpc) is 2.50. The zero-order valence-electron chi connectivity index (χ0n) is 5.70. The Morgan fingerprint density at radius 3 is 3.18 bits per heavy atom. The highest BCUT2D eigenvalue weighted by Gasteiger charge is 2.03. The van der Waals surface area contributed by atoms with Gasteiger partial charge in [-0.15, -0.1) is 0 Å². The van der Waals surface area contributed by atoms with Crippen LogP contribution in [-0.4, -0.2) is 15.0 Å². The first-order valence-corrected chi connectivity index (χ1v) is 3.16. The molecule has 0 amide bonds. The number of hydrogen-bond donors (Lipinski definition) is 3. The van der Waals surface area contributed by atoms with Crippen LogP contribution in [0.5, 0.6) is 0 Å². The fourth-order valence-corrected chi connectivity index (χ4v) is 0.903. The second-order valence-electron chi connectivity index (χ2n) is 2.12. The van der Waals surface area contributed by atoms with E-state index in [1.165, 1.54) is 0 Å². The predicted octanol–water partition coefficient (Wildman–Crippen LogP) is 0.195. The summed E-state index contributed by atoms with van der Waals surface area (Å²) in [5.41, 5.74) is 3.34. The van der Waals surface area contributed by atoms with Crippen molar-refractivity contribution >= 4 is 5.82 Å². The number of hydrazine groups is 1. The van der Waals surface area contributed by atoms with Crippen LogP contribution >= 0.6 is 0 Å². The summed E-state index contributed by atoms with van der Waals surface area (Å²) in [7, 11) is 0. The van der Waals surface area contributed by atoms with Gasteiger partial charge in [-0.3, -0.25) is 0 Å². The fourth-order valence-electron chi connectivity index (χ4n) is 0.903. The lowest BCUT2D eigenvalue weighted by Crippen LogP contribution is -2.09. The number of nitrogen functional groups attached to an aromatic ring is 1. The van der Waals surface area contributed by atoms with Crippen molar-refractivity contribution in [1.29, 1.82) is 0 Å². The van der Waals surface area contributed by atoms with Crippen LogP contribution in [0.15, 0.2) is 18.5 Å². The van der Waals surface area contributed by atoms with Crippen molar-refractivity contribution in [1.82, 2.24) is 15.0 Å². The van der Waals surface area contributed by atoms with Gasteiger partial charge in [-0.05, 0) is 6.07 Å². The Hall–Kier alpha value is -1.62. The predicted molar refractivity (Wildman–Crippen MR) is 40.8 cm³/mol. The highest BCUT2D eigenvalue weighted by atomic mass is 15.3. The molecule has 0 saturated heterocycles. The summed E-state index contributed by atoms with van der Waals surface area (Å²) in [5, 5.41) is 0. The van der Waals surface area contributed by atoms with Crippen LogP contribution < -0.4 is 11.3 Å². The molecule has 0 radical (unpaired) electrons. The number of nitrogens with one attached hydrogen (secondary N) is 2. The molecule has 2 aliphatic rings. The number of fused-ring (bicyclic) bond motifs is 1. The lowest BCUT2D eigenvalue weighted by Gasteiger charge is -2.01. The highest BCUT2D eigenvalue weighted by Crippen LogP contribution is 2.14. The van der Waals surface area contributed by atoms with Crippen LogP contribution in [-0.2, 0) is 0 Å². The van der Waals surface area contributed by atoms with E-state index in [0.717, 1.165) is 5.69 Å². The van der Waals surface area contributed by atoms with Gasteiger partial charge in [0.15, 0.2) is 5.82 Å². The molecule has 11 heavy (non-hydrogen) atoms. The average molecular weight is 149 g/mol. The Labute approximate surface area is 63.0 Å². The first kappa shape index (κ1) is 6.11. The first-order chi connectivity index (χ1) is 5.40. The topological polar surface area (TPSA) is 79.6 Å². The Morgan fingerprint density at radius 2 is 2.36 bits per heavy atom. The van der Waals surface area contributed by atoms with Crippen molar-refractivity contribution < 1.29 is 0 Å². The zero-order chi connectivity index (χ0) is 7.68. The Bertz CT molecular complexity index is 328. The molecule has 0 spiro atoms. The van der Waals surface area contributed by atoms with Crippen LogP contribution in [0.1, 0.15) is 0 Å². The van der Waals surface area contributed by atoms with E-state index in [1.807, 2.05) is 6.07 Å². The Balaban J connectivity index is 2.59. The van der Waals surface area contributed by atoms with E-state index in [9.17, 15) is 0 Å². The number of hydrogen-bond acceptors (Lipinski definition) is 4. The molecule has 0 bridgehead atoms. The molecule has 0 aliphatic carbocycles. The minimum absolute atomic E-state index is 0.672. The lowest BCUT2D eigenvalue weighted by atomic mass is 10.4. The second-order valence-corrected chi connectivity index (χ2v) is 2.12. The van der Waals surface area contributed by atoms with Crippen molar-refractivity contribution in [2.45, 2.75) is 0 Å². The first-order valence-electron chi connectivity index (χ1n) is 3.16. The third kappa shape index (κ3) is 0.908. The molecule has 0 aromatic carbocycles. The van der Waals surface area contributed by atoms with E-state index in [-0.39, 0.29) is 0 Å². The molecule has 0 aromatic heterocycles. The number of nitrogens with zero attached hydrogens (tertiary/aromatic N) is 2. The SMILES string of the molecule is NNc1cnc2nccc-2[nH]1. The summed E-state index contributed by atoms with van der Waals surface area (Å²) in [5.74, 6) is 6.54. The van der Waals surface area contributed by atoms with Gasteiger partial charge in [0.2, 0.25) is 0 Å². The smallest absolute Gasteiger partial charge is 0.176 e. The molecule has 2 rings (SSSR count). The monoisotopic (exact) mass is 149 g/mol. The van der Waals surface area contributed by atoms with Crippen molar-refractivity contribution in [2.75, 3.05) is 5.43 Å². The quantitative estimate of drug-likeness (QED) is 0.399. The molecule has 2 heterocycles. The molecule has 56 valence electrons. The normalized spacial score (nSPS) is 10.3. The Kier molecular flexibility index (Phi) is 1.23. The summed E-state index contributed by atoms with van der Waals surface area (Å²) in [4.78, 5) is 11.0. The van der Waals surface area contributed by atoms with Gasteiger partial charge in [0.1, 0.15) is 5.82 Å². The Morgan fingerprint density at radius 1 is 1.45 bits per heavy atom. The number of nitrogens with two attached hydrogens (primary N) is 1. The van der Waals surface area contributed by atoms with Gasteiger partial charge in [0, 0.05) is 6.20 Å². The van der Waals surface area contributed by atoms with Gasteiger partial charge in [0.05, 0.1) is 11.9 Å². The van der Waals surface area contributed by atoms with Crippen LogP contribution in [0.3, 0.4) is 0 Å². The summed E-state index contributed by atoms with van der Waals surface area (Å²) in [6.45, 7) is 0. The summed E-state index contributed by atoms with van der Waals surface area (Å²) >= 11 is 0.